The molecule has 3 aromatic carbocycles. The second kappa shape index (κ2) is 7.33. The smallest absolute Gasteiger partial charge is 0.0973 e. The number of nitrogens with one attached hydrogen (secondary N) is 1. The molecule has 0 amide bonds. The normalized spacial score (nSPS) is 10.8. The first-order chi connectivity index (χ1) is 12.8. The van der Waals surface area contributed by atoms with Crippen LogP contribution >= 0.6 is 0 Å². The van der Waals surface area contributed by atoms with Gasteiger partial charge in [0.25, 0.3) is 0 Å². The molecule has 0 aliphatic carbocycles. The number of nitrogens with two attached hydrogens (primary N) is 1. The molecule has 26 heavy (non-hydrogen) atoms. The first-order valence-corrected chi connectivity index (χ1v) is 8.72. The van der Waals surface area contributed by atoms with E-state index in [0.717, 1.165) is 45.8 Å². The van der Waals surface area contributed by atoms with Crippen molar-refractivity contribution in [2.24, 2.45) is 5.73 Å². The molecule has 4 nitrogen and oxygen atoms in total. The minimum Gasteiger partial charge on any atom is -0.384 e. The fourth-order valence-electron chi connectivity index (χ4n) is 2.98. The maximum atomic E-state index is 5.58. The standard InChI is InChI=1S/C22H20N4/c23-13-14-24-18-11-12-19-20(15-18)26-22(17-9-5-2-6-10-17)21(25-19)16-7-3-1-4-8-16/h1-12,15,24H,13-14,23H2. The predicted molar refractivity (Wildman–Crippen MR) is 108 cm³/mol. The number of nitrogens with zero attached hydrogens (tertiary/aromatic N) is 2. The summed E-state index contributed by atoms with van der Waals surface area (Å²) in [5, 5.41) is 3.30. The Bertz CT molecular complexity index is 1010. The van der Waals surface area contributed by atoms with E-state index in [4.69, 9.17) is 15.7 Å². The molecule has 0 bridgehead atoms. The monoisotopic (exact) mass is 340 g/mol. The van der Waals surface area contributed by atoms with Crippen LogP contribution in [0.2, 0.25) is 0 Å². The van der Waals surface area contributed by atoms with E-state index in [9.17, 15) is 0 Å². The molecule has 4 aromatic rings. The van der Waals surface area contributed by atoms with Gasteiger partial charge in [0.05, 0.1) is 22.4 Å². The maximum Gasteiger partial charge on any atom is 0.0973 e. The van der Waals surface area contributed by atoms with Crippen LogP contribution in [0, 0.1) is 0 Å². The molecule has 4 rings (SSSR count). The number of hydrogen-bond donors (Lipinski definition) is 2. The predicted octanol–water partition coefficient (Wildman–Crippen LogP) is 4.33. The lowest BCUT2D eigenvalue weighted by atomic mass is 10.0. The van der Waals surface area contributed by atoms with Crippen LogP contribution in [0.25, 0.3) is 33.5 Å². The molecule has 0 fully saturated rings. The van der Waals surface area contributed by atoms with Crippen LogP contribution in [0.1, 0.15) is 0 Å². The molecule has 1 aromatic heterocycles. The molecule has 3 N–H and O–H groups in total. The van der Waals surface area contributed by atoms with Crippen LogP contribution in [-0.2, 0) is 0 Å². The molecule has 0 spiro atoms. The van der Waals surface area contributed by atoms with Crippen LogP contribution in [0.5, 0.6) is 0 Å². The van der Waals surface area contributed by atoms with Crippen molar-refractivity contribution in [1.82, 2.24) is 9.97 Å². The lowest BCUT2D eigenvalue weighted by Crippen LogP contribution is -2.13. The molecule has 0 saturated heterocycles. The molecular formula is C22H20N4. The average molecular weight is 340 g/mol. The van der Waals surface area contributed by atoms with Gasteiger partial charge in [0.15, 0.2) is 0 Å². The molecular weight excluding hydrogens is 320 g/mol. The number of aromatic nitrogens is 2. The number of anilines is 1. The van der Waals surface area contributed by atoms with Crippen molar-refractivity contribution in [2.45, 2.75) is 0 Å². The van der Waals surface area contributed by atoms with Gasteiger partial charge in [0, 0.05) is 29.9 Å². The Morgan fingerprint density at radius 2 is 1.27 bits per heavy atom. The Kier molecular flexibility index (Phi) is 4.58. The van der Waals surface area contributed by atoms with Crippen LogP contribution in [0.4, 0.5) is 5.69 Å². The molecule has 0 atom stereocenters. The van der Waals surface area contributed by atoms with Crippen molar-refractivity contribution in [3.8, 4) is 22.5 Å². The van der Waals surface area contributed by atoms with E-state index in [-0.39, 0.29) is 0 Å². The summed E-state index contributed by atoms with van der Waals surface area (Å²) in [7, 11) is 0. The minimum absolute atomic E-state index is 0.589. The average Bonchev–Trinajstić information content (AvgIpc) is 2.72. The number of fused-ring (bicyclic) bond motifs is 1. The fraction of sp³-hybridized carbons (Fsp3) is 0.0909. The Labute approximate surface area is 152 Å². The van der Waals surface area contributed by atoms with Crippen molar-refractivity contribution in [2.75, 3.05) is 18.4 Å². The van der Waals surface area contributed by atoms with Gasteiger partial charge in [-0.15, -0.1) is 0 Å². The van der Waals surface area contributed by atoms with Crippen LogP contribution in [-0.4, -0.2) is 23.1 Å². The van der Waals surface area contributed by atoms with Gasteiger partial charge < -0.3 is 11.1 Å². The number of benzene rings is 3. The highest BCUT2D eigenvalue weighted by Crippen LogP contribution is 2.31. The van der Waals surface area contributed by atoms with Gasteiger partial charge in [-0.05, 0) is 18.2 Å². The molecule has 4 heteroatoms. The Morgan fingerprint density at radius 1 is 0.692 bits per heavy atom. The summed E-state index contributed by atoms with van der Waals surface area (Å²) in [5.74, 6) is 0. The van der Waals surface area contributed by atoms with Gasteiger partial charge in [-0.25, -0.2) is 9.97 Å². The molecule has 0 aliphatic rings. The summed E-state index contributed by atoms with van der Waals surface area (Å²) < 4.78 is 0. The van der Waals surface area contributed by atoms with Gasteiger partial charge in [-0.1, -0.05) is 60.7 Å². The third kappa shape index (κ3) is 3.27. The molecule has 0 radical (unpaired) electrons. The van der Waals surface area contributed by atoms with E-state index in [2.05, 4.69) is 29.6 Å². The Hall–Kier alpha value is -3.24. The van der Waals surface area contributed by atoms with E-state index >= 15 is 0 Å². The van der Waals surface area contributed by atoms with Crippen molar-refractivity contribution < 1.29 is 0 Å². The number of rotatable bonds is 5. The van der Waals surface area contributed by atoms with E-state index in [1.54, 1.807) is 0 Å². The van der Waals surface area contributed by atoms with Gasteiger partial charge in [0.2, 0.25) is 0 Å². The van der Waals surface area contributed by atoms with Gasteiger partial charge in [-0.2, -0.15) is 0 Å². The summed E-state index contributed by atoms with van der Waals surface area (Å²) in [6.45, 7) is 1.32. The summed E-state index contributed by atoms with van der Waals surface area (Å²) in [5.41, 5.74) is 12.2. The summed E-state index contributed by atoms with van der Waals surface area (Å²) in [6.07, 6.45) is 0. The van der Waals surface area contributed by atoms with E-state index < -0.39 is 0 Å². The van der Waals surface area contributed by atoms with Gasteiger partial charge >= 0.3 is 0 Å². The highest BCUT2D eigenvalue weighted by atomic mass is 14.9. The SMILES string of the molecule is NCCNc1ccc2nc(-c3ccccc3)c(-c3ccccc3)nc2c1. The lowest BCUT2D eigenvalue weighted by Gasteiger charge is -2.12. The zero-order valence-electron chi connectivity index (χ0n) is 14.4. The quantitative estimate of drug-likeness (QED) is 0.567. The van der Waals surface area contributed by atoms with Gasteiger partial charge in [0.1, 0.15) is 0 Å². The molecule has 0 aliphatic heterocycles. The first-order valence-electron chi connectivity index (χ1n) is 8.72. The molecule has 0 saturated carbocycles. The summed E-state index contributed by atoms with van der Waals surface area (Å²) in [4.78, 5) is 9.89. The van der Waals surface area contributed by atoms with E-state index in [0.29, 0.717) is 6.54 Å². The summed E-state index contributed by atoms with van der Waals surface area (Å²) >= 11 is 0. The zero-order valence-corrected chi connectivity index (χ0v) is 14.4. The van der Waals surface area contributed by atoms with Crippen LogP contribution < -0.4 is 11.1 Å². The van der Waals surface area contributed by atoms with Crippen LogP contribution in [0.15, 0.2) is 78.9 Å². The lowest BCUT2D eigenvalue weighted by molar-refractivity contribution is 1.02. The Morgan fingerprint density at radius 3 is 1.85 bits per heavy atom. The third-order valence-corrected chi connectivity index (χ3v) is 4.23. The Balaban J connectivity index is 1.91. The number of hydrogen-bond acceptors (Lipinski definition) is 4. The highest BCUT2D eigenvalue weighted by Gasteiger charge is 2.13. The second-order valence-corrected chi connectivity index (χ2v) is 6.07. The second-order valence-electron chi connectivity index (χ2n) is 6.07. The van der Waals surface area contributed by atoms with Crippen molar-refractivity contribution in [1.29, 1.82) is 0 Å². The highest BCUT2D eigenvalue weighted by molar-refractivity contribution is 5.87. The van der Waals surface area contributed by atoms with Crippen LogP contribution in [0.3, 0.4) is 0 Å². The molecule has 1 heterocycles. The molecule has 0 unspecified atom stereocenters. The third-order valence-electron chi connectivity index (χ3n) is 4.23. The summed E-state index contributed by atoms with van der Waals surface area (Å²) in [6, 6.07) is 26.4. The van der Waals surface area contributed by atoms with Crippen molar-refractivity contribution >= 4 is 16.7 Å². The van der Waals surface area contributed by atoms with E-state index in [1.807, 2.05) is 54.6 Å². The van der Waals surface area contributed by atoms with Gasteiger partial charge in [-0.3, -0.25) is 0 Å². The molecule has 128 valence electrons. The zero-order chi connectivity index (χ0) is 17.8. The largest absolute Gasteiger partial charge is 0.384 e. The van der Waals surface area contributed by atoms with E-state index in [1.165, 1.54) is 0 Å². The maximum absolute atomic E-state index is 5.58. The fourth-order valence-corrected chi connectivity index (χ4v) is 2.98. The first kappa shape index (κ1) is 16.2. The van der Waals surface area contributed by atoms with Crippen molar-refractivity contribution in [3.63, 3.8) is 0 Å². The minimum atomic E-state index is 0.589. The topological polar surface area (TPSA) is 63.8 Å². The van der Waals surface area contributed by atoms with Crippen molar-refractivity contribution in [3.05, 3.63) is 78.9 Å².